The monoisotopic (exact) mass is 366 g/mol. The van der Waals surface area contributed by atoms with Crippen molar-refractivity contribution in [2.75, 3.05) is 4.72 Å². The molecule has 0 aliphatic heterocycles. The van der Waals surface area contributed by atoms with Crippen molar-refractivity contribution in [3.8, 4) is 0 Å². The predicted molar refractivity (Wildman–Crippen MR) is 93.2 cm³/mol. The van der Waals surface area contributed by atoms with E-state index in [1.807, 2.05) is 0 Å². The molecule has 126 valence electrons. The number of nitrogens with one attached hydrogen (secondary N) is 1. The van der Waals surface area contributed by atoms with Gasteiger partial charge < -0.3 is 4.42 Å². The molecular weight excluding hydrogens is 352 g/mol. The lowest BCUT2D eigenvalue weighted by Crippen LogP contribution is -2.15. The van der Waals surface area contributed by atoms with Crippen LogP contribution in [0.15, 0.2) is 44.4 Å². The lowest BCUT2D eigenvalue weighted by Gasteiger charge is -2.12. The molecule has 1 heterocycles. The smallest absolute Gasteiger partial charge is 0.408 e. The van der Waals surface area contributed by atoms with Crippen LogP contribution in [0.25, 0.3) is 11.1 Å². The Morgan fingerprint density at radius 3 is 2.54 bits per heavy atom. The van der Waals surface area contributed by atoms with Gasteiger partial charge in [-0.2, -0.15) is 0 Å². The van der Waals surface area contributed by atoms with Gasteiger partial charge in [0, 0.05) is 18.1 Å². The van der Waals surface area contributed by atoms with Crippen molar-refractivity contribution in [1.29, 1.82) is 0 Å². The van der Waals surface area contributed by atoms with Crippen molar-refractivity contribution in [1.82, 2.24) is 4.57 Å². The second-order valence-electron chi connectivity index (χ2n) is 5.58. The van der Waals surface area contributed by atoms with E-state index in [2.05, 4.69) is 4.72 Å². The molecule has 24 heavy (non-hydrogen) atoms. The summed E-state index contributed by atoms with van der Waals surface area (Å²) in [5, 5.41) is 0.430. The minimum atomic E-state index is -3.86. The van der Waals surface area contributed by atoms with Gasteiger partial charge in [-0.05, 0) is 43.2 Å². The van der Waals surface area contributed by atoms with Crippen LogP contribution in [0.5, 0.6) is 0 Å². The normalized spacial score (nSPS) is 11.8. The summed E-state index contributed by atoms with van der Waals surface area (Å²) in [6, 6.07) is 7.93. The van der Waals surface area contributed by atoms with Crippen LogP contribution in [-0.4, -0.2) is 13.0 Å². The molecular formula is C16H15ClN2O4S. The number of aromatic nitrogens is 1. The van der Waals surface area contributed by atoms with Crippen LogP contribution in [0.3, 0.4) is 0 Å². The third-order valence-corrected chi connectivity index (χ3v) is 5.57. The van der Waals surface area contributed by atoms with E-state index in [0.29, 0.717) is 21.8 Å². The van der Waals surface area contributed by atoms with Crippen LogP contribution in [0.2, 0.25) is 5.02 Å². The maximum Gasteiger partial charge on any atom is 0.419 e. The van der Waals surface area contributed by atoms with E-state index in [4.69, 9.17) is 16.0 Å². The lowest BCUT2D eigenvalue weighted by molar-refractivity contribution is 0.527. The van der Waals surface area contributed by atoms with Gasteiger partial charge in [-0.1, -0.05) is 17.7 Å². The van der Waals surface area contributed by atoms with Gasteiger partial charge in [0.05, 0.1) is 16.1 Å². The van der Waals surface area contributed by atoms with E-state index in [1.54, 1.807) is 45.2 Å². The van der Waals surface area contributed by atoms with Crippen molar-refractivity contribution in [3.05, 3.63) is 57.0 Å². The van der Waals surface area contributed by atoms with Crippen molar-refractivity contribution in [2.45, 2.75) is 18.7 Å². The number of anilines is 1. The number of fused-ring (bicyclic) bond motifs is 1. The van der Waals surface area contributed by atoms with Gasteiger partial charge in [-0.3, -0.25) is 9.29 Å². The highest BCUT2D eigenvalue weighted by Crippen LogP contribution is 2.27. The number of aryl methyl sites for hydroxylation is 3. The first-order chi connectivity index (χ1) is 11.2. The zero-order valence-electron chi connectivity index (χ0n) is 13.3. The lowest BCUT2D eigenvalue weighted by atomic mass is 10.2. The summed E-state index contributed by atoms with van der Waals surface area (Å²) in [4.78, 5) is 11.6. The largest absolute Gasteiger partial charge is 0.419 e. The summed E-state index contributed by atoms with van der Waals surface area (Å²) in [7, 11) is -2.29. The van der Waals surface area contributed by atoms with Crippen LogP contribution in [-0.2, 0) is 17.1 Å². The Balaban J connectivity index is 2.13. The van der Waals surface area contributed by atoms with Crippen molar-refractivity contribution < 1.29 is 12.8 Å². The number of halogens is 1. The Kier molecular flexibility index (Phi) is 3.93. The van der Waals surface area contributed by atoms with E-state index >= 15 is 0 Å². The number of hydrogen-bond acceptors (Lipinski definition) is 4. The summed E-state index contributed by atoms with van der Waals surface area (Å²) >= 11 is 5.93. The number of hydrogen-bond donors (Lipinski definition) is 1. The summed E-state index contributed by atoms with van der Waals surface area (Å²) in [6.45, 7) is 3.44. The Morgan fingerprint density at radius 2 is 1.83 bits per heavy atom. The molecule has 0 atom stereocenters. The zero-order chi connectivity index (χ0) is 17.6. The molecule has 0 amide bonds. The maximum atomic E-state index is 12.7. The fourth-order valence-corrected chi connectivity index (χ4v) is 3.99. The quantitative estimate of drug-likeness (QED) is 0.771. The first kappa shape index (κ1) is 16.6. The molecule has 1 N–H and O–H groups in total. The zero-order valence-corrected chi connectivity index (χ0v) is 14.8. The average Bonchev–Trinajstić information content (AvgIpc) is 2.77. The molecule has 6 nitrogen and oxygen atoms in total. The summed E-state index contributed by atoms with van der Waals surface area (Å²) in [5.74, 6) is -0.544. The van der Waals surface area contributed by atoms with Gasteiger partial charge in [-0.15, -0.1) is 0 Å². The Bertz CT molecular complexity index is 1110. The fraction of sp³-hybridized carbons (Fsp3) is 0.188. The van der Waals surface area contributed by atoms with Gasteiger partial charge in [0.25, 0.3) is 10.0 Å². The molecule has 0 unspecified atom stereocenters. The van der Waals surface area contributed by atoms with E-state index in [1.165, 1.54) is 10.6 Å². The van der Waals surface area contributed by atoms with Gasteiger partial charge in [-0.25, -0.2) is 13.2 Å². The van der Waals surface area contributed by atoms with Gasteiger partial charge in [0.15, 0.2) is 5.58 Å². The number of sulfonamides is 1. The van der Waals surface area contributed by atoms with E-state index in [-0.39, 0.29) is 10.5 Å². The molecule has 8 heteroatoms. The van der Waals surface area contributed by atoms with E-state index in [0.717, 1.165) is 5.56 Å². The maximum absolute atomic E-state index is 12.7. The molecule has 3 rings (SSSR count). The number of oxazole rings is 1. The summed E-state index contributed by atoms with van der Waals surface area (Å²) in [5.41, 5.74) is 2.40. The fourth-order valence-electron chi connectivity index (χ4n) is 2.45. The van der Waals surface area contributed by atoms with Crippen LogP contribution >= 0.6 is 11.6 Å². The second kappa shape index (κ2) is 5.68. The molecule has 1 aromatic heterocycles. The predicted octanol–water partition coefficient (Wildman–Crippen LogP) is 3.20. The van der Waals surface area contributed by atoms with Gasteiger partial charge >= 0.3 is 5.76 Å². The van der Waals surface area contributed by atoms with E-state index in [9.17, 15) is 13.2 Å². The highest BCUT2D eigenvalue weighted by atomic mass is 35.5. The third kappa shape index (κ3) is 2.81. The molecule has 0 aliphatic carbocycles. The molecule has 2 aromatic carbocycles. The van der Waals surface area contributed by atoms with Crippen LogP contribution < -0.4 is 10.5 Å². The van der Waals surface area contributed by atoms with Crippen molar-refractivity contribution >= 4 is 38.4 Å². The first-order valence-electron chi connectivity index (χ1n) is 7.08. The topological polar surface area (TPSA) is 81.3 Å². The van der Waals surface area contributed by atoms with E-state index < -0.39 is 15.8 Å². The number of benzene rings is 2. The Labute approximate surface area is 143 Å². The molecule has 0 saturated carbocycles. The minimum Gasteiger partial charge on any atom is -0.408 e. The molecule has 3 aromatic rings. The van der Waals surface area contributed by atoms with Crippen molar-refractivity contribution in [3.63, 3.8) is 0 Å². The summed E-state index contributed by atoms with van der Waals surface area (Å²) < 4.78 is 34.4. The molecule has 0 bridgehead atoms. The SMILES string of the molecule is Cc1ccc(Cl)cc1NS(=O)(=O)c1cc2oc(=O)n(C)c2cc1C. The van der Waals surface area contributed by atoms with Crippen LogP contribution in [0.4, 0.5) is 5.69 Å². The highest BCUT2D eigenvalue weighted by Gasteiger charge is 2.21. The third-order valence-electron chi connectivity index (χ3n) is 3.82. The molecule has 0 aliphatic rings. The molecule has 0 saturated heterocycles. The van der Waals surface area contributed by atoms with Gasteiger partial charge in [0.1, 0.15) is 0 Å². The first-order valence-corrected chi connectivity index (χ1v) is 8.94. The van der Waals surface area contributed by atoms with Gasteiger partial charge in [0.2, 0.25) is 0 Å². The van der Waals surface area contributed by atoms with Crippen molar-refractivity contribution in [2.24, 2.45) is 7.05 Å². The molecule has 0 radical (unpaired) electrons. The minimum absolute atomic E-state index is 0.0451. The number of nitrogens with zero attached hydrogens (tertiary/aromatic N) is 1. The molecule has 0 fully saturated rings. The summed E-state index contributed by atoms with van der Waals surface area (Å²) in [6.07, 6.45) is 0. The van der Waals surface area contributed by atoms with Crippen LogP contribution in [0.1, 0.15) is 11.1 Å². The van der Waals surface area contributed by atoms with Crippen LogP contribution in [0, 0.1) is 13.8 Å². The second-order valence-corrected chi connectivity index (χ2v) is 7.66. The standard InChI is InChI=1S/C16H15ClN2O4S/c1-9-4-5-11(17)7-12(9)18-24(21,22)15-8-14-13(6-10(15)2)19(3)16(20)23-14/h4-8,18H,1-3H3. The average molecular weight is 367 g/mol. The number of rotatable bonds is 3. The Hall–Kier alpha value is -2.25. The Morgan fingerprint density at radius 1 is 1.12 bits per heavy atom. The highest BCUT2D eigenvalue weighted by molar-refractivity contribution is 7.92. The molecule has 0 spiro atoms.